The van der Waals surface area contributed by atoms with Crippen LogP contribution in [0.25, 0.3) is 22.0 Å². The van der Waals surface area contributed by atoms with Gasteiger partial charge in [-0.2, -0.15) is 0 Å². The van der Waals surface area contributed by atoms with Crippen LogP contribution in [-0.4, -0.2) is 4.98 Å². The molecule has 0 bridgehead atoms. The van der Waals surface area contributed by atoms with Gasteiger partial charge in [-0.25, -0.2) is 0 Å². The van der Waals surface area contributed by atoms with Crippen molar-refractivity contribution in [2.45, 2.75) is 0 Å². The van der Waals surface area contributed by atoms with Crippen LogP contribution in [0.5, 0.6) is 0 Å². The summed E-state index contributed by atoms with van der Waals surface area (Å²) >= 11 is 0. The molecule has 88 valence electrons. The van der Waals surface area contributed by atoms with E-state index in [1.165, 1.54) is 0 Å². The van der Waals surface area contributed by atoms with Gasteiger partial charge in [0.2, 0.25) is 0 Å². The molecule has 1 aromatic heterocycles. The number of aromatic amines is 1. The largest absolute Gasteiger partial charge is 0.398 e. The number of nitrogens with one attached hydrogen (secondary N) is 1. The molecule has 18 heavy (non-hydrogen) atoms. The zero-order valence-corrected chi connectivity index (χ0v) is 9.68. The van der Waals surface area contributed by atoms with Crippen LogP contribution in [0.1, 0.15) is 0 Å². The second-order valence-electron chi connectivity index (χ2n) is 4.15. The molecule has 2 aromatic carbocycles. The number of H-pyrrole nitrogens is 1. The fourth-order valence-electron chi connectivity index (χ4n) is 2.16. The molecule has 0 atom stereocenters. The van der Waals surface area contributed by atoms with Crippen molar-refractivity contribution >= 4 is 16.6 Å². The summed E-state index contributed by atoms with van der Waals surface area (Å²) in [5, 5.41) is 0.871. The average Bonchev–Trinajstić information content (AvgIpc) is 2.40. The van der Waals surface area contributed by atoms with E-state index in [1.54, 1.807) is 0 Å². The van der Waals surface area contributed by atoms with Gasteiger partial charge in [0.15, 0.2) is 0 Å². The van der Waals surface area contributed by atoms with Gasteiger partial charge in [-0.1, -0.05) is 48.5 Å². The highest BCUT2D eigenvalue weighted by atomic mass is 16.1. The molecule has 3 aromatic rings. The average molecular weight is 236 g/mol. The lowest BCUT2D eigenvalue weighted by Crippen LogP contribution is -2.12. The molecule has 0 amide bonds. The predicted molar refractivity (Wildman–Crippen MR) is 74.4 cm³/mol. The number of rotatable bonds is 1. The van der Waals surface area contributed by atoms with Crippen molar-refractivity contribution in [1.29, 1.82) is 0 Å². The number of hydrogen-bond acceptors (Lipinski definition) is 2. The smallest absolute Gasteiger partial charge is 0.258 e. The summed E-state index contributed by atoms with van der Waals surface area (Å²) in [5.41, 5.74) is 8.64. The maximum Gasteiger partial charge on any atom is 0.258 e. The lowest BCUT2D eigenvalue weighted by atomic mass is 10.0. The van der Waals surface area contributed by atoms with E-state index in [-0.39, 0.29) is 5.56 Å². The van der Waals surface area contributed by atoms with Crippen molar-refractivity contribution in [3.05, 3.63) is 65.0 Å². The van der Waals surface area contributed by atoms with Gasteiger partial charge in [-0.05, 0) is 11.6 Å². The molecule has 1 heterocycles. The Bertz CT molecular complexity index is 760. The summed E-state index contributed by atoms with van der Waals surface area (Å²) in [5.74, 6) is 0. The van der Waals surface area contributed by atoms with Crippen LogP contribution >= 0.6 is 0 Å². The Kier molecular flexibility index (Phi) is 2.38. The van der Waals surface area contributed by atoms with Crippen molar-refractivity contribution in [2.24, 2.45) is 0 Å². The van der Waals surface area contributed by atoms with Gasteiger partial charge in [-0.3, -0.25) is 4.79 Å². The number of nitrogen functional groups attached to an aromatic ring is 1. The molecule has 3 heteroatoms. The number of nitrogens with two attached hydrogens (primary N) is 1. The fraction of sp³-hybridized carbons (Fsp3) is 0. The molecule has 0 aliphatic rings. The summed E-state index contributed by atoms with van der Waals surface area (Å²) in [6, 6.07) is 17.0. The van der Waals surface area contributed by atoms with E-state index in [0.717, 1.165) is 16.5 Å². The fourth-order valence-corrected chi connectivity index (χ4v) is 2.16. The molecule has 0 saturated heterocycles. The third kappa shape index (κ3) is 1.57. The number of aromatic nitrogens is 1. The molecule has 0 fully saturated rings. The van der Waals surface area contributed by atoms with E-state index in [9.17, 15) is 4.79 Å². The van der Waals surface area contributed by atoms with Crippen LogP contribution in [0.15, 0.2) is 59.4 Å². The van der Waals surface area contributed by atoms with E-state index in [0.29, 0.717) is 11.3 Å². The third-order valence-corrected chi connectivity index (χ3v) is 3.02. The lowest BCUT2D eigenvalue weighted by Gasteiger charge is -2.08. The first kappa shape index (κ1) is 10.6. The Balaban J connectivity index is 2.41. The summed E-state index contributed by atoms with van der Waals surface area (Å²) < 4.78 is 0. The van der Waals surface area contributed by atoms with Crippen molar-refractivity contribution in [3.63, 3.8) is 0 Å². The summed E-state index contributed by atoms with van der Waals surface area (Å²) in [4.78, 5) is 15.0. The molecule has 3 nitrogen and oxygen atoms in total. The van der Waals surface area contributed by atoms with E-state index in [1.807, 2.05) is 54.6 Å². The standard InChI is InChI=1S/C15H12N2O/c16-14-11-8-4-5-9-12(11)17-15(18)13(14)10-6-2-1-3-7-10/h1-9H,(H3,16,17,18). The lowest BCUT2D eigenvalue weighted by molar-refractivity contribution is 1.31. The van der Waals surface area contributed by atoms with Crippen LogP contribution in [0.2, 0.25) is 0 Å². The summed E-state index contributed by atoms with van der Waals surface area (Å²) in [6.45, 7) is 0. The quantitative estimate of drug-likeness (QED) is 0.682. The SMILES string of the molecule is Nc1c(-c2ccccc2)c(=O)[nH]c2ccccc12. The number of benzene rings is 2. The van der Waals surface area contributed by atoms with E-state index >= 15 is 0 Å². The minimum atomic E-state index is -0.155. The topological polar surface area (TPSA) is 58.9 Å². The second kappa shape index (κ2) is 4.04. The molecule has 0 radical (unpaired) electrons. The maximum atomic E-state index is 12.1. The van der Waals surface area contributed by atoms with Gasteiger partial charge in [0.25, 0.3) is 5.56 Å². The van der Waals surface area contributed by atoms with Crippen LogP contribution in [-0.2, 0) is 0 Å². The van der Waals surface area contributed by atoms with E-state index in [4.69, 9.17) is 5.73 Å². The van der Waals surface area contributed by atoms with Crippen LogP contribution < -0.4 is 11.3 Å². The van der Waals surface area contributed by atoms with Gasteiger partial charge in [0, 0.05) is 5.39 Å². The van der Waals surface area contributed by atoms with Gasteiger partial charge in [0.1, 0.15) is 0 Å². The highest BCUT2D eigenvalue weighted by molar-refractivity contribution is 5.97. The minimum Gasteiger partial charge on any atom is -0.398 e. The third-order valence-electron chi connectivity index (χ3n) is 3.02. The van der Waals surface area contributed by atoms with Crippen molar-refractivity contribution in [3.8, 4) is 11.1 Å². The first-order chi connectivity index (χ1) is 8.77. The zero-order chi connectivity index (χ0) is 12.5. The van der Waals surface area contributed by atoms with Crippen molar-refractivity contribution in [1.82, 2.24) is 4.98 Å². The number of para-hydroxylation sites is 1. The Labute approximate surface area is 104 Å². The summed E-state index contributed by atoms with van der Waals surface area (Å²) in [6.07, 6.45) is 0. The Morgan fingerprint density at radius 3 is 2.33 bits per heavy atom. The molecular weight excluding hydrogens is 224 g/mol. The molecular formula is C15H12N2O. The van der Waals surface area contributed by atoms with Crippen LogP contribution in [0, 0.1) is 0 Å². The highest BCUT2D eigenvalue weighted by Gasteiger charge is 2.10. The van der Waals surface area contributed by atoms with Crippen LogP contribution in [0.4, 0.5) is 5.69 Å². The molecule has 3 N–H and O–H groups in total. The first-order valence-electron chi connectivity index (χ1n) is 5.73. The molecule has 0 aliphatic carbocycles. The number of fused-ring (bicyclic) bond motifs is 1. The Morgan fingerprint density at radius 2 is 1.56 bits per heavy atom. The molecule has 0 saturated carbocycles. The van der Waals surface area contributed by atoms with Gasteiger partial charge >= 0.3 is 0 Å². The monoisotopic (exact) mass is 236 g/mol. The molecule has 3 rings (SSSR count). The molecule has 0 unspecified atom stereocenters. The Morgan fingerprint density at radius 1 is 0.889 bits per heavy atom. The maximum absolute atomic E-state index is 12.1. The number of hydrogen-bond donors (Lipinski definition) is 2. The number of pyridine rings is 1. The van der Waals surface area contributed by atoms with E-state index < -0.39 is 0 Å². The van der Waals surface area contributed by atoms with Gasteiger partial charge < -0.3 is 10.7 Å². The number of anilines is 1. The summed E-state index contributed by atoms with van der Waals surface area (Å²) in [7, 11) is 0. The van der Waals surface area contributed by atoms with E-state index in [2.05, 4.69) is 4.98 Å². The Hall–Kier alpha value is -2.55. The normalized spacial score (nSPS) is 10.7. The van der Waals surface area contributed by atoms with Crippen molar-refractivity contribution < 1.29 is 0 Å². The molecule has 0 spiro atoms. The predicted octanol–water partition coefficient (Wildman–Crippen LogP) is 2.78. The van der Waals surface area contributed by atoms with Crippen molar-refractivity contribution in [2.75, 3.05) is 5.73 Å². The molecule has 0 aliphatic heterocycles. The van der Waals surface area contributed by atoms with Crippen LogP contribution in [0.3, 0.4) is 0 Å². The second-order valence-corrected chi connectivity index (χ2v) is 4.15. The highest BCUT2D eigenvalue weighted by Crippen LogP contribution is 2.27. The zero-order valence-electron chi connectivity index (χ0n) is 9.68. The van der Waals surface area contributed by atoms with Gasteiger partial charge in [0.05, 0.1) is 16.8 Å². The van der Waals surface area contributed by atoms with Gasteiger partial charge in [-0.15, -0.1) is 0 Å². The first-order valence-corrected chi connectivity index (χ1v) is 5.73. The minimum absolute atomic E-state index is 0.155.